The number of hydrazine groups is 1. The molecule has 0 radical (unpaired) electrons. The van der Waals surface area contributed by atoms with E-state index in [1.807, 2.05) is 37.4 Å². The van der Waals surface area contributed by atoms with E-state index in [0.29, 0.717) is 12.2 Å². The van der Waals surface area contributed by atoms with Gasteiger partial charge in [-0.3, -0.25) is 20.4 Å². The molecule has 24 heavy (non-hydrogen) atoms. The highest BCUT2D eigenvalue weighted by molar-refractivity contribution is 8.00. The van der Waals surface area contributed by atoms with Crippen LogP contribution in [0.25, 0.3) is 0 Å². The third kappa shape index (κ3) is 8.11. The van der Waals surface area contributed by atoms with E-state index < -0.39 is 18.0 Å². The molecule has 0 fully saturated rings. The van der Waals surface area contributed by atoms with Crippen molar-refractivity contribution in [2.75, 3.05) is 17.8 Å². The van der Waals surface area contributed by atoms with Gasteiger partial charge in [-0.1, -0.05) is 17.7 Å². The van der Waals surface area contributed by atoms with Crippen molar-refractivity contribution in [3.63, 3.8) is 0 Å². The molecule has 0 spiro atoms. The second kappa shape index (κ2) is 10.8. The summed E-state index contributed by atoms with van der Waals surface area (Å²) in [5.74, 6) is 0.00522. The number of hydrogen-bond acceptors (Lipinski definition) is 5. The van der Waals surface area contributed by atoms with Gasteiger partial charge in [-0.05, 0) is 37.5 Å². The highest BCUT2D eigenvalue weighted by Gasteiger charge is 2.19. The van der Waals surface area contributed by atoms with E-state index in [1.165, 1.54) is 11.8 Å². The van der Waals surface area contributed by atoms with Crippen LogP contribution in [0.4, 0.5) is 4.79 Å². The molecule has 9 heteroatoms. The molecule has 1 aromatic carbocycles. The van der Waals surface area contributed by atoms with E-state index in [9.17, 15) is 14.4 Å². The topological polar surface area (TPSA) is 113 Å². The third-order valence-electron chi connectivity index (χ3n) is 2.96. The zero-order valence-corrected chi connectivity index (χ0v) is 15.3. The molecule has 132 valence electrons. The first-order chi connectivity index (χ1) is 11.4. The highest BCUT2D eigenvalue weighted by atomic mass is 32.2. The predicted octanol–water partition coefficient (Wildman–Crippen LogP) is 1.02. The quantitative estimate of drug-likeness (QED) is 0.403. The second-order valence-corrected chi connectivity index (χ2v) is 7.02. The number of rotatable bonds is 8. The standard InChI is InChI=1S/C15H22N4O3S2/c1-10-3-5-11(6-4-10)24-9-13(20)18-19-14(21)12(7-8-23-2)17-15(16)22/h3-6,12H,7-9H2,1-2H3,(H,18,20)(H,19,21)(H3,16,17,22)/t12-/m1/s1. The van der Waals surface area contributed by atoms with E-state index in [0.717, 1.165) is 10.5 Å². The summed E-state index contributed by atoms with van der Waals surface area (Å²) in [6.07, 6.45) is 2.31. The largest absolute Gasteiger partial charge is 0.352 e. The number of amides is 4. The van der Waals surface area contributed by atoms with Gasteiger partial charge in [0.25, 0.3) is 5.91 Å². The molecular weight excluding hydrogens is 348 g/mol. The van der Waals surface area contributed by atoms with Gasteiger partial charge < -0.3 is 11.1 Å². The maximum Gasteiger partial charge on any atom is 0.312 e. The van der Waals surface area contributed by atoms with Crippen molar-refractivity contribution in [3.8, 4) is 0 Å². The summed E-state index contributed by atoms with van der Waals surface area (Å²) in [5.41, 5.74) is 10.8. The maximum absolute atomic E-state index is 12.0. The Morgan fingerprint density at radius 1 is 1.17 bits per heavy atom. The van der Waals surface area contributed by atoms with Crippen LogP contribution in [-0.2, 0) is 9.59 Å². The number of hydrogen-bond donors (Lipinski definition) is 4. The van der Waals surface area contributed by atoms with Crippen LogP contribution in [-0.4, -0.2) is 41.6 Å². The third-order valence-corrected chi connectivity index (χ3v) is 4.62. The minimum atomic E-state index is -0.780. The molecule has 7 nitrogen and oxygen atoms in total. The van der Waals surface area contributed by atoms with Crippen LogP contribution in [0.2, 0.25) is 0 Å². The molecule has 0 aliphatic carbocycles. The van der Waals surface area contributed by atoms with Gasteiger partial charge in [-0.25, -0.2) is 4.79 Å². The Labute approximate surface area is 149 Å². The number of aryl methyl sites for hydroxylation is 1. The number of carbonyl (C=O) groups excluding carboxylic acids is 3. The normalized spacial score (nSPS) is 11.4. The van der Waals surface area contributed by atoms with Gasteiger partial charge in [0.15, 0.2) is 0 Å². The molecule has 4 amide bonds. The first kappa shape index (κ1) is 20.2. The molecular formula is C15H22N4O3S2. The van der Waals surface area contributed by atoms with Crippen LogP contribution in [0, 0.1) is 6.92 Å². The van der Waals surface area contributed by atoms with Crippen molar-refractivity contribution in [1.82, 2.24) is 16.2 Å². The van der Waals surface area contributed by atoms with Crippen molar-refractivity contribution in [2.24, 2.45) is 5.73 Å². The Morgan fingerprint density at radius 2 is 1.83 bits per heavy atom. The fourth-order valence-corrected chi connectivity index (χ4v) is 2.88. The van der Waals surface area contributed by atoms with Crippen molar-refractivity contribution >= 4 is 41.4 Å². The first-order valence-corrected chi connectivity index (χ1v) is 9.63. The zero-order valence-electron chi connectivity index (χ0n) is 13.6. The average molecular weight is 371 g/mol. The number of benzene rings is 1. The molecule has 0 saturated carbocycles. The number of urea groups is 1. The molecule has 0 aromatic heterocycles. The molecule has 0 bridgehead atoms. The minimum Gasteiger partial charge on any atom is -0.352 e. The Kier molecular flexibility index (Phi) is 9.10. The van der Waals surface area contributed by atoms with E-state index in [4.69, 9.17) is 5.73 Å². The van der Waals surface area contributed by atoms with E-state index in [1.54, 1.807) is 11.8 Å². The lowest BCUT2D eigenvalue weighted by molar-refractivity contribution is -0.128. The van der Waals surface area contributed by atoms with Crippen molar-refractivity contribution in [1.29, 1.82) is 0 Å². The van der Waals surface area contributed by atoms with Crippen LogP contribution in [0.15, 0.2) is 29.2 Å². The Bertz CT molecular complexity index is 566. The monoisotopic (exact) mass is 370 g/mol. The summed E-state index contributed by atoms with van der Waals surface area (Å²) in [4.78, 5) is 35.7. The first-order valence-electron chi connectivity index (χ1n) is 7.25. The van der Waals surface area contributed by atoms with Crippen molar-refractivity contribution < 1.29 is 14.4 Å². The van der Waals surface area contributed by atoms with Gasteiger partial charge in [0.05, 0.1) is 5.75 Å². The SMILES string of the molecule is CSCC[C@@H](NC(N)=O)C(=O)NNC(=O)CSc1ccc(C)cc1. The second-order valence-electron chi connectivity index (χ2n) is 4.98. The lowest BCUT2D eigenvalue weighted by Crippen LogP contribution is -2.53. The van der Waals surface area contributed by atoms with Crippen LogP contribution in [0.1, 0.15) is 12.0 Å². The fourth-order valence-electron chi connectivity index (χ4n) is 1.71. The molecule has 0 unspecified atom stereocenters. The van der Waals surface area contributed by atoms with Gasteiger partial charge in [0.2, 0.25) is 5.91 Å². The average Bonchev–Trinajstić information content (AvgIpc) is 2.55. The van der Waals surface area contributed by atoms with Gasteiger partial charge in [0.1, 0.15) is 6.04 Å². The summed E-state index contributed by atoms with van der Waals surface area (Å²) in [6, 6.07) is 6.24. The summed E-state index contributed by atoms with van der Waals surface area (Å²) < 4.78 is 0. The number of thioether (sulfide) groups is 2. The summed E-state index contributed by atoms with van der Waals surface area (Å²) in [6.45, 7) is 1.99. The molecule has 0 saturated heterocycles. The lowest BCUT2D eigenvalue weighted by atomic mass is 10.2. The van der Waals surface area contributed by atoms with Gasteiger partial charge in [0, 0.05) is 4.90 Å². The van der Waals surface area contributed by atoms with Crippen molar-refractivity contribution in [2.45, 2.75) is 24.3 Å². The summed E-state index contributed by atoms with van der Waals surface area (Å²) in [7, 11) is 0. The molecule has 1 atom stereocenters. The van der Waals surface area contributed by atoms with E-state index >= 15 is 0 Å². The summed E-state index contributed by atoms with van der Waals surface area (Å²) in [5, 5.41) is 2.36. The molecule has 0 heterocycles. The molecule has 0 aliphatic heterocycles. The highest BCUT2D eigenvalue weighted by Crippen LogP contribution is 2.17. The van der Waals surface area contributed by atoms with Crippen LogP contribution in [0.5, 0.6) is 0 Å². The van der Waals surface area contributed by atoms with Gasteiger partial charge in [-0.15, -0.1) is 11.8 Å². The van der Waals surface area contributed by atoms with Crippen LogP contribution < -0.4 is 21.9 Å². The zero-order chi connectivity index (χ0) is 17.9. The number of carbonyl (C=O) groups is 3. The molecule has 1 aromatic rings. The lowest BCUT2D eigenvalue weighted by Gasteiger charge is -2.17. The van der Waals surface area contributed by atoms with E-state index in [2.05, 4.69) is 16.2 Å². The fraction of sp³-hybridized carbons (Fsp3) is 0.400. The number of primary amides is 1. The minimum absolute atomic E-state index is 0.169. The van der Waals surface area contributed by atoms with Crippen molar-refractivity contribution in [3.05, 3.63) is 29.8 Å². The van der Waals surface area contributed by atoms with Gasteiger partial charge in [-0.2, -0.15) is 11.8 Å². The Hall–Kier alpha value is -1.87. The predicted molar refractivity (Wildman–Crippen MR) is 97.7 cm³/mol. The molecule has 0 aliphatic rings. The molecule has 1 rings (SSSR count). The number of nitrogens with two attached hydrogens (primary N) is 1. The smallest absolute Gasteiger partial charge is 0.312 e. The van der Waals surface area contributed by atoms with Gasteiger partial charge >= 0.3 is 6.03 Å². The Morgan fingerprint density at radius 3 is 2.42 bits per heavy atom. The van der Waals surface area contributed by atoms with Crippen LogP contribution in [0.3, 0.4) is 0 Å². The summed E-state index contributed by atoms with van der Waals surface area (Å²) >= 11 is 2.91. The molecule has 5 N–H and O–H groups in total. The van der Waals surface area contributed by atoms with E-state index in [-0.39, 0.29) is 11.7 Å². The van der Waals surface area contributed by atoms with Crippen LogP contribution >= 0.6 is 23.5 Å². The number of nitrogens with one attached hydrogen (secondary N) is 3. The maximum atomic E-state index is 12.0. The Balaban J connectivity index is 2.38.